The Hall–Kier alpha value is -3.47. The van der Waals surface area contributed by atoms with Crippen LogP contribution in [0.3, 0.4) is 0 Å². The molecule has 0 aliphatic rings. The largest absolute Gasteiger partial charge is 0.435 e. The molecule has 1 amide bonds. The Morgan fingerprint density at radius 1 is 1.16 bits per heavy atom. The molecule has 0 aliphatic heterocycles. The van der Waals surface area contributed by atoms with Crippen molar-refractivity contribution in [3.8, 4) is 5.69 Å². The zero-order chi connectivity index (χ0) is 23.0. The van der Waals surface area contributed by atoms with Gasteiger partial charge in [-0.15, -0.1) is 0 Å². The molecule has 0 saturated carbocycles. The number of hydrogen-bond acceptors (Lipinski definition) is 4. The number of alkyl halides is 3. The van der Waals surface area contributed by atoms with Gasteiger partial charge in [0, 0.05) is 18.9 Å². The number of hydrogen-bond donors (Lipinski definition) is 1. The van der Waals surface area contributed by atoms with Gasteiger partial charge in [-0.1, -0.05) is 18.2 Å². The highest BCUT2D eigenvalue weighted by molar-refractivity contribution is 9.10. The lowest BCUT2D eigenvalue weighted by Crippen LogP contribution is -2.19. The van der Waals surface area contributed by atoms with E-state index < -0.39 is 17.8 Å². The van der Waals surface area contributed by atoms with Crippen molar-refractivity contribution in [2.75, 3.05) is 7.05 Å². The van der Waals surface area contributed by atoms with Crippen LogP contribution in [0.1, 0.15) is 33.3 Å². The zero-order valence-electron chi connectivity index (χ0n) is 16.9. The predicted molar refractivity (Wildman–Crippen MR) is 116 cm³/mol. The molecule has 0 radical (unpaired) electrons. The molecule has 0 fully saturated rings. The summed E-state index contributed by atoms with van der Waals surface area (Å²) in [6, 6.07) is 10.9. The zero-order valence-corrected chi connectivity index (χ0v) is 18.4. The van der Waals surface area contributed by atoms with Crippen LogP contribution in [0, 0.1) is 6.92 Å². The van der Waals surface area contributed by atoms with Crippen LogP contribution in [-0.4, -0.2) is 37.1 Å². The third kappa shape index (κ3) is 4.03. The number of rotatable bonds is 4. The molecule has 1 aromatic carbocycles. The van der Waals surface area contributed by atoms with Gasteiger partial charge in [0.2, 0.25) is 0 Å². The van der Waals surface area contributed by atoms with Crippen LogP contribution in [-0.2, 0) is 6.18 Å². The first-order chi connectivity index (χ1) is 15.2. The maximum atomic E-state index is 13.3. The molecule has 0 unspecified atom stereocenters. The summed E-state index contributed by atoms with van der Waals surface area (Å²) >= 11 is 3.36. The maximum absolute atomic E-state index is 13.3. The van der Waals surface area contributed by atoms with Crippen LogP contribution in [0.25, 0.3) is 23.5 Å². The molecule has 164 valence electrons. The Balaban J connectivity index is 1.83. The molecule has 3 heterocycles. The van der Waals surface area contributed by atoms with E-state index >= 15 is 0 Å². The van der Waals surface area contributed by atoms with Gasteiger partial charge in [-0.25, -0.2) is 14.5 Å². The fourth-order valence-corrected chi connectivity index (χ4v) is 3.62. The van der Waals surface area contributed by atoms with Gasteiger partial charge in [0.1, 0.15) is 10.4 Å². The fourth-order valence-electron chi connectivity index (χ4n) is 3.24. The van der Waals surface area contributed by atoms with Gasteiger partial charge in [-0.3, -0.25) is 9.36 Å². The molecular weight excluding hydrogens is 489 g/mol. The molecule has 4 aromatic rings. The number of imidazole rings is 2. The van der Waals surface area contributed by atoms with Gasteiger partial charge in [-0.05, 0) is 53.2 Å². The van der Waals surface area contributed by atoms with Crippen LogP contribution in [0.15, 0.2) is 47.2 Å². The Labute approximate surface area is 188 Å². The van der Waals surface area contributed by atoms with Crippen LogP contribution in [0.4, 0.5) is 13.2 Å². The van der Waals surface area contributed by atoms with E-state index in [9.17, 15) is 18.0 Å². The lowest BCUT2D eigenvalue weighted by atomic mass is 10.2. The number of para-hydroxylation sites is 1. The van der Waals surface area contributed by atoms with Crippen molar-refractivity contribution in [3.63, 3.8) is 0 Å². The number of fused-ring (bicyclic) bond motifs is 1. The van der Waals surface area contributed by atoms with E-state index in [0.717, 1.165) is 10.2 Å². The van der Waals surface area contributed by atoms with Crippen LogP contribution in [0.2, 0.25) is 0 Å². The van der Waals surface area contributed by atoms with Crippen molar-refractivity contribution >= 4 is 39.6 Å². The molecule has 1 N–H and O–H groups in total. The first kappa shape index (κ1) is 21.8. The van der Waals surface area contributed by atoms with Gasteiger partial charge >= 0.3 is 6.18 Å². The second-order valence-corrected chi connectivity index (χ2v) is 7.61. The van der Waals surface area contributed by atoms with Gasteiger partial charge in [0.25, 0.3) is 5.91 Å². The normalized spacial score (nSPS) is 12.1. The van der Waals surface area contributed by atoms with E-state index in [1.165, 1.54) is 20.0 Å². The van der Waals surface area contributed by atoms with E-state index in [1.807, 2.05) is 34.9 Å². The number of aromatic nitrogens is 5. The third-order valence-corrected chi connectivity index (χ3v) is 5.09. The summed E-state index contributed by atoms with van der Waals surface area (Å²) in [6.07, 6.45) is 0.362. The van der Waals surface area contributed by atoms with Crippen molar-refractivity contribution in [1.82, 2.24) is 29.5 Å². The van der Waals surface area contributed by atoms with Crippen LogP contribution in [0.5, 0.6) is 0 Å². The molecule has 0 atom stereocenters. The first-order valence-electron chi connectivity index (χ1n) is 9.37. The quantitative estimate of drug-likeness (QED) is 0.442. The molecule has 11 heteroatoms. The molecule has 7 nitrogen and oxygen atoms in total. The topological polar surface area (TPSA) is 77.1 Å². The van der Waals surface area contributed by atoms with E-state index in [0.29, 0.717) is 10.4 Å². The summed E-state index contributed by atoms with van der Waals surface area (Å²) in [5, 5.41) is 6.68. The van der Waals surface area contributed by atoms with Crippen molar-refractivity contribution in [3.05, 3.63) is 75.7 Å². The van der Waals surface area contributed by atoms with Crippen molar-refractivity contribution in [2.45, 2.75) is 13.1 Å². The minimum absolute atomic E-state index is 0.0201. The number of amides is 1. The van der Waals surface area contributed by atoms with Crippen LogP contribution >= 0.6 is 15.9 Å². The standard InChI is InChI=1S/C21H16BrF3N6O/c1-12-18(21(23,24)25)28-19-15(20(32)26-2)10-13(29-31(12)19)8-9-17-27-16(22)11-30(17)14-6-4-3-5-7-14/h3-11H,1-2H3,(H,26,32)/b9-8+. The number of halogens is 4. The number of aryl methyl sites for hydroxylation is 1. The number of nitrogens with zero attached hydrogens (tertiary/aromatic N) is 5. The average Bonchev–Trinajstić information content (AvgIpc) is 3.31. The molecule has 4 rings (SSSR count). The van der Waals surface area contributed by atoms with E-state index in [4.69, 9.17) is 0 Å². The fraction of sp³-hybridized carbons (Fsp3) is 0.143. The lowest BCUT2D eigenvalue weighted by Gasteiger charge is -2.06. The number of benzene rings is 1. The molecule has 0 aliphatic carbocycles. The highest BCUT2D eigenvalue weighted by Gasteiger charge is 2.37. The van der Waals surface area contributed by atoms with Gasteiger partial charge in [-0.2, -0.15) is 18.3 Å². The Morgan fingerprint density at radius 2 is 1.88 bits per heavy atom. The molecular formula is C21H16BrF3N6O. The molecule has 0 saturated heterocycles. The Morgan fingerprint density at radius 3 is 2.53 bits per heavy atom. The monoisotopic (exact) mass is 504 g/mol. The highest BCUT2D eigenvalue weighted by Crippen LogP contribution is 2.32. The van der Waals surface area contributed by atoms with Gasteiger partial charge in [0.15, 0.2) is 11.3 Å². The Kier molecular flexibility index (Phi) is 5.59. The molecule has 3 aromatic heterocycles. The number of carbonyl (C=O) groups excluding carboxylic acids is 1. The smallest absolute Gasteiger partial charge is 0.355 e. The highest BCUT2D eigenvalue weighted by atomic mass is 79.9. The third-order valence-electron chi connectivity index (χ3n) is 4.71. The van der Waals surface area contributed by atoms with Crippen molar-refractivity contribution in [1.29, 1.82) is 0 Å². The summed E-state index contributed by atoms with van der Waals surface area (Å²) < 4.78 is 43.5. The van der Waals surface area contributed by atoms with Crippen LogP contribution < -0.4 is 5.32 Å². The SMILES string of the molecule is CNC(=O)c1cc(/C=C/c2nc(Br)cn2-c2ccccc2)nn2c(C)c(C(F)(F)F)nc12. The second-order valence-electron chi connectivity index (χ2n) is 6.80. The average molecular weight is 505 g/mol. The number of carbonyl (C=O) groups is 1. The minimum atomic E-state index is -4.67. The second kappa shape index (κ2) is 8.23. The predicted octanol–water partition coefficient (Wildman–Crippen LogP) is 4.53. The Bertz CT molecular complexity index is 1340. The summed E-state index contributed by atoms with van der Waals surface area (Å²) in [6.45, 7) is 1.26. The first-order valence-corrected chi connectivity index (χ1v) is 10.2. The summed E-state index contributed by atoms with van der Waals surface area (Å²) in [5.74, 6) is -0.0101. The summed E-state index contributed by atoms with van der Waals surface area (Å²) in [5.41, 5.74) is -0.335. The van der Waals surface area contributed by atoms with E-state index in [1.54, 1.807) is 18.3 Å². The van der Waals surface area contributed by atoms with Gasteiger partial charge < -0.3 is 5.32 Å². The van der Waals surface area contributed by atoms with Gasteiger partial charge in [0.05, 0.1) is 17.0 Å². The minimum Gasteiger partial charge on any atom is -0.355 e. The van der Waals surface area contributed by atoms with Crippen molar-refractivity contribution < 1.29 is 18.0 Å². The molecule has 0 bridgehead atoms. The number of nitrogens with one attached hydrogen (secondary N) is 1. The molecule has 0 spiro atoms. The van der Waals surface area contributed by atoms with Crippen molar-refractivity contribution in [2.24, 2.45) is 0 Å². The van der Waals surface area contributed by atoms with E-state index in [2.05, 4.69) is 36.3 Å². The summed E-state index contributed by atoms with van der Waals surface area (Å²) in [7, 11) is 1.39. The van der Waals surface area contributed by atoms with E-state index in [-0.39, 0.29) is 22.6 Å². The summed E-state index contributed by atoms with van der Waals surface area (Å²) in [4.78, 5) is 20.4. The lowest BCUT2D eigenvalue weighted by molar-refractivity contribution is -0.141. The maximum Gasteiger partial charge on any atom is 0.435 e. The molecule has 32 heavy (non-hydrogen) atoms.